The number of nitrogens with zero attached hydrogens (tertiary/aromatic N) is 1. The summed E-state index contributed by atoms with van der Waals surface area (Å²) in [7, 11) is 0. The first-order valence-corrected chi connectivity index (χ1v) is 11.1. The maximum atomic E-state index is 13.0. The zero-order valence-electron chi connectivity index (χ0n) is 19.1. The predicted octanol–water partition coefficient (Wildman–Crippen LogP) is 5.14. The van der Waals surface area contributed by atoms with Crippen LogP contribution in [0.2, 0.25) is 0 Å². The van der Waals surface area contributed by atoms with Crippen LogP contribution in [0.25, 0.3) is 5.76 Å². The van der Waals surface area contributed by atoms with Gasteiger partial charge in [-0.1, -0.05) is 39.3 Å². The number of carbonyl (C=O) groups is 2. The topological polar surface area (TPSA) is 87.1 Å². The summed E-state index contributed by atoms with van der Waals surface area (Å²) in [4.78, 5) is 27.4. The third-order valence-electron chi connectivity index (χ3n) is 5.71. The molecule has 1 heterocycles. The summed E-state index contributed by atoms with van der Waals surface area (Å²) >= 11 is 0. The van der Waals surface area contributed by atoms with Gasteiger partial charge in [0.15, 0.2) is 0 Å². The van der Waals surface area contributed by atoms with Gasteiger partial charge in [-0.3, -0.25) is 9.59 Å². The van der Waals surface area contributed by atoms with Crippen LogP contribution in [0, 0.1) is 0 Å². The SMILES string of the molecule is CCCCN1C(=O)C(=O)/C(=C(\O)c2ccc(OCC)c(C(C)C)c2)C1c1ccc(O)cc1. The Labute approximate surface area is 189 Å². The minimum atomic E-state index is -0.712. The fourth-order valence-corrected chi connectivity index (χ4v) is 4.03. The molecule has 1 fully saturated rings. The summed E-state index contributed by atoms with van der Waals surface area (Å²) in [5.41, 5.74) is 2.11. The van der Waals surface area contributed by atoms with Crippen molar-refractivity contribution in [1.82, 2.24) is 4.90 Å². The van der Waals surface area contributed by atoms with E-state index in [0.29, 0.717) is 24.3 Å². The number of phenols is 1. The van der Waals surface area contributed by atoms with Crippen molar-refractivity contribution < 1.29 is 24.5 Å². The second kappa shape index (κ2) is 9.90. The fourth-order valence-electron chi connectivity index (χ4n) is 4.03. The van der Waals surface area contributed by atoms with Crippen molar-refractivity contribution in [3.8, 4) is 11.5 Å². The highest BCUT2D eigenvalue weighted by atomic mass is 16.5. The van der Waals surface area contributed by atoms with Gasteiger partial charge in [-0.05, 0) is 60.7 Å². The van der Waals surface area contributed by atoms with Crippen LogP contribution in [0.15, 0.2) is 48.0 Å². The van der Waals surface area contributed by atoms with E-state index < -0.39 is 17.7 Å². The van der Waals surface area contributed by atoms with Crippen molar-refractivity contribution in [2.75, 3.05) is 13.2 Å². The molecule has 0 bridgehead atoms. The van der Waals surface area contributed by atoms with Crippen LogP contribution in [-0.2, 0) is 9.59 Å². The van der Waals surface area contributed by atoms with E-state index >= 15 is 0 Å². The lowest BCUT2D eigenvalue weighted by atomic mass is 9.93. The molecule has 0 spiro atoms. The summed E-state index contributed by atoms with van der Waals surface area (Å²) < 4.78 is 5.71. The molecule has 170 valence electrons. The van der Waals surface area contributed by atoms with Crippen LogP contribution in [-0.4, -0.2) is 40.0 Å². The van der Waals surface area contributed by atoms with E-state index in [2.05, 4.69) is 0 Å². The average Bonchev–Trinajstić information content (AvgIpc) is 3.02. The van der Waals surface area contributed by atoms with Crippen LogP contribution in [0.3, 0.4) is 0 Å². The Kier molecular flexibility index (Phi) is 7.23. The Hall–Kier alpha value is -3.28. The van der Waals surface area contributed by atoms with Gasteiger partial charge in [0, 0.05) is 12.1 Å². The van der Waals surface area contributed by atoms with E-state index in [1.807, 2.05) is 33.8 Å². The van der Waals surface area contributed by atoms with Gasteiger partial charge in [-0.2, -0.15) is 0 Å². The van der Waals surface area contributed by atoms with Crippen LogP contribution >= 0.6 is 0 Å². The van der Waals surface area contributed by atoms with Crippen molar-refractivity contribution in [2.45, 2.75) is 52.5 Å². The number of likely N-dealkylation sites (tertiary alicyclic amines) is 1. The van der Waals surface area contributed by atoms with Gasteiger partial charge < -0.3 is 19.8 Å². The largest absolute Gasteiger partial charge is 0.508 e. The van der Waals surface area contributed by atoms with E-state index in [-0.39, 0.29) is 23.0 Å². The molecule has 0 aliphatic carbocycles. The van der Waals surface area contributed by atoms with Gasteiger partial charge in [-0.15, -0.1) is 0 Å². The van der Waals surface area contributed by atoms with Crippen molar-refractivity contribution in [2.24, 2.45) is 0 Å². The molecule has 1 saturated heterocycles. The number of aliphatic hydroxyl groups excluding tert-OH is 1. The third-order valence-corrected chi connectivity index (χ3v) is 5.71. The van der Waals surface area contributed by atoms with Crippen molar-refractivity contribution in [3.63, 3.8) is 0 Å². The Balaban J connectivity index is 2.16. The number of ketones is 1. The van der Waals surface area contributed by atoms with E-state index in [1.165, 1.54) is 17.0 Å². The number of ether oxygens (including phenoxy) is 1. The zero-order chi connectivity index (χ0) is 23.4. The number of phenolic OH excluding ortho intramolecular Hbond substituents is 1. The normalized spacial score (nSPS) is 17.9. The minimum Gasteiger partial charge on any atom is -0.508 e. The van der Waals surface area contributed by atoms with Crippen molar-refractivity contribution in [3.05, 3.63) is 64.7 Å². The first-order valence-electron chi connectivity index (χ1n) is 11.1. The second-order valence-electron chi connectivity index (χ2n) is 8.28. The summed E-state index contributed by atoms with van der Waals surface area (Å²) in [5, 5.41) is 21.0. The molecule has 1 amide bonds. The standard InChI is InChI=1S/C26H31NO5/c1-5-7-14-27-23(17-8-11-19(28)12-9-17)22(25(30)26(27)31)24(29)18-10-13-21(32-6-2)20(15-18)16(3)4/h8-13,15-16,23,28-29H,5-7,14H2,1-4H3/b24-22-. The molecule has 3 rings (SSSR count). The maximum Gasteiger partial charge on any atom is 0.295 e. The molecular formula is C26H31NO5. The molecule has 6 heteroatoms. The number of Topliss-reactive ketones (excluding diaryl/α,β-unsaturated/α-hetero) is 1. The molecule has 2 aromatic carbocycles. The molecule has 1 atom stereocenters. The van der Waals surface area contributed by atoms with E-state index in [1.54, 1.807) is 24.3 Å². The molecule has 6 nitrogen and oxygen atoms in total. The second-order valence-corrected chi connectivity index (χ2v) is 8.28. The molecule has 0 aromatic heterocycles. The number of carbonyl (C=O) groups excluding carboxylic acids is 2. The third kappa shape index (κ3) is 4.49. The molecule has 0 radical (unpaired) electrons. The number of amides is 1. The van der Waals surface area contributed by atoms with Gasteiger partial charge in [0.05, 0.1) is 18.2 Å². The van der Waals surface area contributed by atoms with E-state index in [9.17, 15) is 19.8 Å². The maximum absolute atomic E-state index is 13.0. The zero-order valence-corrected chi connectivity index (χ0v) is 19.1. The molecule has 2 N–H and O–H groups in total. The molecular weight excluding hydrogens is 406 g/mol. The minimum absolute atomic E-state index is 0.0654. The van der Waals surface area contributed by atoms with Crippen LogP contribution in [0.4, 0.5) is 0 Å². The van der Waals surface area contributed by atoms with Gasteiger partial charge in [0.2, 0.25) is 0 Å². The molecule has 1 unspecified atom stereocenters. The molecule has 1 aliphatic heterocycles. The van der Waals surface area contributed by atoms with Crippen molar-refractivity contribution in [1.29, 1.82) is 0 Å². The number of hydrogen-bond donors (Lipinski definition) is 2. The summed E-state index contributed by atoms with van der Waals surface area (Å²) in [6, 6.07) is 11.0. The average molecular weight is 438 g/mol. The molecule has 32 heavy (non-hydrogen) atoms. The predicted molar refractivity (Wildman–Crippen MR) is 124 cm³/mol. The van der Waals surface area contributed by atoms with Gasteiger partial charge in [0.25, 0.3) is 11.7 Å². The lowest BCUT2D eigenvalue weighted by Crippen LogP contribution is -2.30. The lowest BCUT2D eigenvalue weighted by Gasteiger charge is -2.25. The highest BCUT2D eigenvalue weighted by Gasteiger charge is 2.45. The Morgan fingerprint density at radius 2 is 1.78 bits per heavy atom. The summed E-state index contributed by atoms with van der Waals surface area (Å²) in [6.07, 6.45) is 1.60. The van der Waals surface area contributed by atoms with Crippen molar-refractivity contribution >= 4 is 17.4 Å². The number of aliphatic hydroxyl groups is 1. The van der Waals surface area contributed by atoms with Gasteiger partial charge >= 0.3 is 0 Å². The highest BCUT2D eigenvalue weighted by Crippen LogP contribution is 2.40. The van der Waals surface area contributed by atoms with E-state index in [4.69, 9.17) is 4.74 Å². The van der Waals surface area contributed by atoms with Gasteiger partial charge in [-0.25, -0.2) is 0 Å². The summed E-state index contributed by atoms with van der Waals surface area (Å²) in [5.74, 6) is -0.552. The fraction of sp³-hybridized carbons (Fsp3) is 0.385. The number of benzene rings is 2. The quantitative estimate of drug-likeness (QED) is 0.339. The lowest BCUT2D eigenvalue weighted by molar-refractivity contribution is -0.139. The smallest absolute Gasteiger partial charge is 0.295 e. The number of hydrogen-bond acceptors (Lipinski definition) is 5. The number of aromatic hydroxyl groups is 1. The van der Waals surface area contributed by atoms with Crippen LogP contribution in [0.1, 0.15) is 69.2 Å². The summed E-state index contributed by atoms with van der Waals surface area (Å²) in [6.45, 7) is 8.91. The van der Waals surface area contributed by atoms with Crippen LogP contribution < -0.4 is 4.74 Å². The van der Waals surface area contributed by atoms with E-state index in [0.717, 1.165) is 24.2 Å². The monoisotopic (exact) mass is 437 g/mol. The highest BCUT2D eigenvalue weighted by molar-refractivity contribution is 6.46. The first-order chi connectivity index (χ1) is 15.3. The number of unbranched alkanes of at least 4 members (excludes halogenated alkanes) is 1. The number of rotatable bonds is 8. The Morgan fingerprint density at radius 1 is 1.09 bits per heavy atom. The first kappa shape index (κ1) is 23.4. The van der Waals surface area contributed by atoms with Gasteiger partial charge in [0.1, 0.15) is 17.3 Å². The Bertz CT molecular complexity index is 1020. The molecule has 0 saturated carbocycles. The molecule has 1 aliphatic rings. The Morgan fingerprint density at radius 3 is 2.38 bits per heavy atom. The molecule has 2 aromatic rings. The van der Waals surface area contributed by atoms with Crippen LogP contribution in [0.5, 0.6) is 11.5 Å².